The van der Waals surface area contributed by atoms with Gasteiger partial charge in [0, 0.05) is 0 Å². The second kappa shape index (κ2) is 6.77. The van der Waals surface area contributed by atoms with Gasteiger partial charge < -0.3 is 0 Å². The molecule has 0 atom stereocenters. The molecule has 0 aliphatic carbocycles. The Kier molecular flexibility index (Phi) is 14.5. The number of rotatable bonds is 0. The first-order valence-electron chi connectivity index (χ1n) is 0.507. The summed E-state index contributed by atoms with van der Waals surface area (Å²) in [6, 6.07) is 0. The summed E-state index contributed by atoms with van der Waals surface area (Å²) in [5.41, 5.74) is 0. The molecule has 0 aromatic rings. The fraction of sp³-hybridized carbons (Fsp3) is 1.00. The van der Waals surface area contributed by atoms with E-state index in [1.54, 1.807) is 0 Å². The Morgan fingerprint density at radius 3 is 1.00 bits per heavy atom. The molecule has 0 nitrogen and oxygen atoms in total. The van der Waals surface area contributed by atoms with E-state index in [-0.39, 0.29) is 12.3 Å². The van der Waals surface area contributed by atoms with Crippen molar-refractivity contribution >= 4 is 59.9 Å². The van der Waals surface area contributed by atoms with E-state index in [4.69, 9.17) is 0 Å². The molecule has 0 aliphatic rings. The van der Waals surface area contributed by atoms with Gasteiger partial charge in [0.25, 0.3) is 0 Å². The van der Waals surface area contributed by atoms with Crippen molar-refractivity contribution in [2.24, 2.45) is 0 Å². The van der Waals surface area contributed by atoms with Gasteiger partial charge in [-0.3, -0.25) is 0 Å². The molecule has 0 heterocycles. The van der Waals surface area contributed by atoms with Crippen molar-refractivity contribution < 1.29 is 4.92 Å². The van der Waals surface area contributed by atoms with E-state index in [0.717, 1.165) is 0 Å². The van der Waals surface area contributed by atoms with Gasteiger partial charge in [-0.15, -0.1) is 0 Å². The van der Waals surface area contributed by atoms with E-state index in [2.05, 4.69) is 59.9 Å². The molecular formula is CH4I3V. The topological polar surface area (TPSA) is 0 Å². The van der Waals surface area contributed by atoms with Gasteiger partial charge in [-0.2, -0.15) is 0 Å². The molecule has 0 amide bonds. The van der Waals surface area contributed by atoms with Gasteiger partial charge in [-0.05, 0) is 0 Å². The van der Waals surface area contributed by atoms with Gasteiger partial charge in [-0.1, -0.05) is 7.43 Å². The first kappa shape index (κ1) is 10.7. The van der Waals surface area contributed by atoms with Crippen LogP contribution in [0.25, 0.3) is 0 Å². The third-order valence-corrected chi connectivity index (χ3v) is 0. The van der Waals surface area contributed by atoms with Gasteiger partial charge in [0.15, 0.2) is 0 Å². The molecule has 0 fully saturated rings. The Balaban J connectivity index is 0. The minimum absolute atomic E-state index is 0. The van der Waals surface area contributed by atoms with Gasteiger partial charge in [0.2, 0.25) is 0 Å². The van der Waals surface area contributed by atoms with Crippen molar-refractivity contribution in [3.05, 3.63) is 0 Å². The summed E-state index contributed by atoms with van der Waals surface area (Å²) >= 11 is 7.39. The average Bonchev–Trinajstić information content (AvgIpc) is 0.811. The van der Waals surface area contributed by atoms with Crippen LogP contribution in [0.3, 0.4) is 0 Å². The molecule has 0 aromatic carbocycles. The Labute approximate surface area is 70.6 Å². The molecule has 0 aromatic heterocycles. The van der Waals surface area contributed by atoms with Crippen LogP contribution in [0.4, 0.5) is 0 Å². The maximum atomic E-state index is 2.46. The summed E-state index contributed by atoms with van der Waals surface area (Å²) < 4.78 is 0. The van der Waals surface area contributed by atoms with E-state index in [9.17, 15) is 0 Å². The minimum atomic E-state index is -0.278. The van der Waals surface area contributed by atoms with Crippen LogP contribution in [0.15, 0.2) is 0 Å². The summed E-state index contributed by atoms with van der Waals surface area (Å²) in [7, 11) is 0. The molecule has 0 aliphatic heterocycles. The predicted molar refractivity (Wildman–Crippen MR) is 48.8 cm³/mol. The van der Waals surface area contributed by atoms with Crippen LogP contribution in [0, 0.1) is 0 Å². The van der Waals surface area contributed by atoms with Crippen LogP contribution in [0.5, 0.6) is 0 Å². The zero-order valence-electron chi connectivity index (χ0n) is 1.58. The summed E-state index contributed by atoms with van der Waals surface area (Å²) in [5, 5.41) is 0. The van der Waals surface area contributed by atoms with E-state index >= 15 is 0 Å². The molecule has 0 saturated heterocycles. The van der Waals surface area contributed by atoms with Crippen LogP contribution < -0.4 is 0 Å². The molecule has 4 heteroatoms. The second-order valence-electron chi connectivity index (χ2n) is 0.192. The van der Waals surface area contributed by atoms with Crippen molar-refractivity contribution in [2.75, 3.05) is 0 Å². The van der Waals surface area contributed by atoms with Crippen molar-refractivity contribution in [3.63, 3.8) is 0 Å². The average molecular weight is 448 g/mol. The second-order valence-corrected chi connectivity index (χ2v) is 35.6. The van der Waals surface area contributed by atoms with Crippen molar-refractivity contribution in [3.8, 4) is 0 Å². The molecule has 0 unspecified atom stereocenters. The van der Waals surface area contributed by atoms with Gasteiger partial charge in [0.1, 0.15) is 0 Å². The molecule has 0 saturated carbocycles. The summed E-state index contributed by atoms with van der Waals surface area (Å²) in [6.07, 6.45) is 0. The molecule has 0 radical (unpaired) electrons. The van der Waals surface area contributed by atoms with E-state index in [1.165, 1.54) is 0 Å². The summed E-state index contributed by atoms with van der Waals surface area (Å²) in [6.45, 7) is 0. The first-order chi connectivity index (χ1) is 1.73. The predicted octanol–water partition coefficient (Wildman–Crippen LogP) is 3.29. The van der Waals surface area contributed by atoms with Crippen LogP contribution in [0.2, 0.25) is 0 Å². The number of hydrogen-bond acceptors (Lipinski definition) is 0. The Bertz CT molecular complexity index is 11.6. The quantitative estimate of drug-likeness (QED) is 0.500. The van der Waals surface area contributed by atoms with E-state index in [0.29, 0.717) is 0 Å². The maximum absolute atomic E-state index is 2.46. The first-order valence-corrected chi connectivity index (χ1v) is 14.0. The fourth-order valence-corrected chi connectivity index (χ4v) is 0. The van der Waals surface area contributed by atoms with Crippen LogP contribution in [-0.4, -0.2) is 0 Å². The number of halogens is 3. The van der Waals surface area contributed by atoms with Crippen LogP contribution in [-0.2, 0) is 4.92 Å². The molecule has 5 heavy (non-hydrogen) atoms. The van der Waals surface area contributed by atoms with Crippen molar-refractivity contribution in [2.45, 2.75) is 7.43 Å². The molecule has 0 bridgehead atoms. The third kappa shape index (κ3) is 20.1. The zero-order valence-corrected chi connectivity index (χ0v) is 9.45. The van der Waals surface area contributed by atoms with Crippen LogP contribution in [0.1, 0.15) is 7.43 Å². The summed E-state index contributed by atoms with van der Waals surface area (Å²) in [4.78, 5) is -0.278. The van der Waals surface area contributed by atoms with Crippen molar-refractivity contribution in [1.29, 1.82) is 0 Å². The molecule has 0 rings (SSSR count). The normalized spacial score (nSPS) is 7.20. The molecule has 0 spiro atoms. The SMILES string of the molecule is C.[I][V]([I])[I]. The molecular weight excluding hydrogens is 444 g/mol. The van der Waals surface area contributed by atoms with Crippen LogP contribution >= 0.6 is 59.9 Å². The molecule has 0 N–H and O–H groups in total. The summed E-state index contributed by atoms with van der Waals surface area (Å²) in [5.74, 6) is 0. The van der Waals surface area contributed by atoms with E-state index < -0.39 is 0 Å². The molecule has 34 valence electrons. The Hall–Kier alpha value is 2.77. The van der Waals surface area contributed by atoms with Gasteiger partial charge in [0.05, 0.1) is 0 Å². The Morgan fingerprint density at radius 2 is 1.00 bits per heavy atom. The Morgan fingerprint density at radius 1 is 1.00 bits per heavy atom. The standard InChI is InChI=1S/CH4.3HI.V/h1H4;3*1H;/q;;;;+3/p-3. The fourth-order valence-electron chi connectivity index (χ4n) is 0. The van der Waals surface area contributed by atoms with Gasteiger partial charge >= 0.3 is 64.9 Å². The van der Waals surface area contributed by atoms with Gasteiger partial charge in [-0.25, -0.2) is 0 Å². The van der Waals surface area contributed by atoms with E-state index in [1.807, 2.05) is 0 Å². The number of hydrogen-bond donors (Lipinski definition) is 0. The monoisotopic (exact) mass is 448 g/mol. The third-order valence-electron chi connectivity index (χ3n) is 0. The van der Waals surface area contributed by atoms with Crippen molar-refractivity contribution in [1.82, 2.24) is 0 Å². The zero-order chi connectivity index (χ0) is 3.58.